The quantitative estimate of drug-likeness (QED) is 0.730. The summed E-state index contributed by atoms with van der Waals surface area (Å²) in [5.74, 6) is 2.27. The molecule has 1 atom stereocenters. The summed E-state index contributed by atoms with van der Waals surface area (Å²) < 4.78 is 5.42. The zero-order valence-electron chi connectivity index (χ0n) is 15.1. The highest BCUT2D eigenvalue weighted by Crippen LogP contribution is 2.21. The first-order valence-corrected chi connectivity index (χ1v) is 9.93. The van der Waals surface area contributed by atoms with E-state index in [9.17, 15) is 4.79 Å². The number of amides is 1. The number of piperidine rings is 1. The van der Waals surface area contributed by atoms with Gasteiger partial charge in [-0.2, -0.15) is 0 Å². The lowest BCUT2D eigenvalue weighted by atomic mass is 9.98. The zero-order chi connectivity index (χ0) is 17.4. The Bertz CT molecular complexity index is 499. The highest BCUT2D eigenvalue weighted by atomic mass is 32.2. The third-order valence-corrected chi connectivity index (χ3v) is 5.55. The Labute approximate surface area is 150 Å². The largest absolute Gasteiger partial charge is 0.494 e. The molecule has 0 radical (unpaired) electrons. The molecule has 1 amide bonds. The van der Waals surface area contributed by atoms with Gasteiger partial charge >= 0.3 is 0 Å². The molecule has 1 saturated heterocycles. The molecule has 0 spiro atoms. The normalized spacial score (nSPS) is 17.5. The van der Waals surface area contributed by atoms with Crippen LogP contribution < -0.4 is 10.1 Å². The van der Waals surface area contributed by atoms with Gasteiger partial charge in [0.25, 0.3) is 0 Å². The summed E-state index contributed by atoms with van der Waals surface area (Å²) in [7, 11) is 0. The zero-order valence-corrected chi connectivity index (χ0v) is 15.9. The van der Waals surface area contributed by atoms with Gasteiger partial charge in [0.1, 0.15) is 5.75 Å². The molecular formula is C19H30N2O2S. The minimum Gasteiger partial charge on any atom is -0.494 e. The van der Waals surface area contributed by atoms with E-state index in [0.29, 0.717) is 18.4 Å². The topological polar surface area (TPSA) is 41.6 Å². The maximum atomic E-state index is 12.0. The number of nitrogens with zero attached hydrogens (tertiary/aromatic N) is 1. The molecule has 1 aromatic rings. The van der Waals surface area contributed by atoms with Crippen LogP contribution in [0, 0.1) is 5.92 Å². The first kappa shape index (κ1) is 19.1. The predicted molar refractivity (Wildman–Crippen MR) is 101 cm³/mol. The fourth-order valence-corrected chi connectivity index (χ4v) is 3.59. The van der Waals surface area contributed by atoms with Gasteiger partial charge in [0.05, 0.1) is 12.4 Å². The van der Waals surface area contributed by atoms with Crippen LogP contribution in [0.3, 0.4) is 0 Å². The average Bonchev–Trinajstić information content (AvgIpc) is 2.60. The van der Waals surface area contributed by atoms with E-state index in [1.54, 1.807) is 11.8 Å². The van der Waals surface area contributed by atoms with Crippen molar-refractivity contribution in [2.75, 3.05) is 32.0 Å². The van der Waals surface area contributed by atoms with E-state index in [0.717, 1.165) is 36.2 Å². The van der Waals surface area contributed by atoms with Crippen molar-refractivity contribution in [2.24, 2.45) is 5.92 Å². The molecule has 2 rings (SSSR count). The minimum atomic E-state index is 0.103. The summed E-state index contributed by atoms with van der Waals surface area (Å²) in [4.78, 5) is 15.6. The number of likely N-dealkylation sites (tertiary alicyclic amines) is 1. The number of hydrogen-bond donors (Lipinski definition) is 1. The molecule has 0 aromatic heterocycles. The molecular weight excluding hydrogens is 320 g/mol. The van der Waals surface area contributed by atoms with Gasteiger partial charge in [0.15, 0.2) is 0 Å². The fraction of sp³-hybridized carbons (Fsp3) is 0.632. The van der Waals surface area contributed by atoms with Crippen LogP contribution in [0.5, 0.6) is 5.75 Å². The standard InChI is InChI=1S/C19H30N2O2S/c1-4-23-17-5-7-18(8-6-17)24-14-19(22)20-13-16(3)21-11-9-15(2)10-12-21/h5-8,15-16H,4,9-14H2,1-3H3,(H,20,22). The van der Waals surface area contributed by atoms with Crippen molar-refractivity contribution in [1.82, 2.24) is 10.2 Å². The van der Waals surface area contributed by atoms with Crippen molar-refractivity contribution in [1.29, 1.82) is 0 Å². The molecule has 0 aliphatic carbocycles. The summed E-state index contributed by atoms with van der Waals surface area (Å²) in [6.45, 7) is 10.2. The van der Waals surface area contributed by atoms with Crippen molar-refractivity contribution in [3.05, 3.63) is 24.3 Å². The molecule has 0 bridgehead atoms. The van der Waals surface area contributed by atoms with E-state index < -0.39 is 0 Å². The minimum absolute atomic E-state index is 0.103. The van der Waals surface area contributed by atoms with E-state index in [1.165, 1.54) is 12.8 Å². The van der Waals surface area contributed by atoms with Crippen LogP contribution in [0.25, 0.3) is 0 Å². The molecule has 1 fully saturated rings. The Morgan fingerprint density at radius 3 is 2.62 bits per heavy atom. The summed E-state index contributed by atoms with van der Waals surface area (Å²) in [5, 5.41) is 3.07. The number of carbonyl (C=O) groups excluding carboxylic acids is 1. The summed E-state index contributed by atoms with van der Waals surface area (Å²) in [6.07, 6.45) is 2.54. The van der Waals surface area contributed by atoms with Gasteiger partial charge in [0, 0.05) is 17.5 Å². The third kappa shape index (κ3) is 6.36. The van der Waals surface area contributed by atoms with Gasteiger partial charge in [-0.15, -0.1) is 11.8 Å². The highest BCUT2D eigenvalue weighted by Gasteiger charge is 2.20. The Hall–Kier alpha value is -1.20. The second-order valence-electron chi connectivity index (χ2n) is 6.56. The summed E-state index contributed by atoms with van der Waals surface area (Å²) in [6, 6.07) is 8.31. The maximum Gasteiger partial charge on any atom is 0.230 e. The number of rotatable bonds is 8. The van der Waals surface area contributed by atoms with Crippen LogP contribution >= 0.6 is 11.8 Å². The van der Waals surface area contributed by atoms with Crippen molar-refractivity contribution >= 4 is 17.7 Å². The second kappa shape index (κ2) is 9.94. The monoisotopic (exact) mass is 350 g/mol. The smallest absolute Gasteiger partial charge is 0.230 e. The van der Waals surface area contributed by atoms with Crippen molar-refractivity contribution in [2.45, 2.75) is 44.6 Å². The van der Waals surface area contributed by atoms with E-state index >= 15 is 0 Å². The average molecular weight is 351 g/mol. The Morgan fingerprint density at radius 1 is 1.33 bits per heavy atom. The molecule has 4 nitrogen and oxygen atoms in total. The first-order chi connectivity index (χ1) is 11.6. The van der Waals surface area contributed by atoms with Crippen molar-refractivity contribution in [3.8, 4) is 5.75 Å². The third-order valence-electron chi connectivity index (χ3n) is 4.54. The van der Waals surface area contributed by atoms with Crippen molar-refractivity contribution in [3.63, 3.8) is 0 Å². The molecule has 1 heterocycles. The Balaban J connectivity index is 1.65. The SMILES string of the molecule is CCOc1ccc(SCC(=O)NCC(C)N2CCC(C)CC2)cc1. The second-order valence-corrected chi connectivity index (χ2v) is 7.61. The predicted octanol–water partition coefficient (Wildman–Crippen LogP) is 3.41. The summed E-state index contributed by atoms with van der Waals surface area (Å²) in [5.41, 5.74) is 0. The van der Waals surface area contributed by atoms with Crippen LogP contribution in [0.2, 0.25) is 0 Å². The van der Waals surface area contributed by atoms with Crippen LogP contribution in [0.4, 0.5) is 0 Å². The fourth-order valence-electron chi connectivity index (χ4n) is 2.86. The van der Waals surface area contributed by atoms with Gasteiger partial charge in [0.2, 0.25) is 5.91 Å². The first-order valence-electron chi connectivity index (χ1n) is 8.95. The lowest BCUT2D eigenvalue weighted by molar-refractivity contribution is -0.118. The lowest BCUT2D eigenvalue weighted by Gasteiger charge is -2.35. The van der Waals surface area contributed by atoms with E-state index in [1.807, 2.05) is 31.2 Å². The van der Waals surface area contributed by atoms with Crippen LogP contribution in [0.15, 0.2) is 29.2 Å². The van der Waals surface area contributed by atoms with Gasteiger partial charge in [-0.05, 0) is 70.0 Å². The van der Waals surface area contributed by atoms with Crippen LogP contribution in [-0.4, -0.2) is 48.8 Å². The van der Waals surface area contributed by atoms with Crippen molar-refractivity contribution < 1.29 is 9.53 Å². The van der Waals surface area contributed by atoms with Gasteiger partial charge in [-0.1, -0.05) is 6.92 Å². The molecule has 1 aliphatic rings. The number of ether oxygens (including phenoxy) is 1. The molecule has 1 unspecified atom stereocenters. The lowest BCUT2D eigenvalue weighted by Crippen LogP contribution is -2.45. The molecule has 1 N–H and O–H groups in total. The van der Waals surface area contributed by atoms with E-state index in [4.69, 9.17) is 4.74 Å². The number of thioether (sulfide) groups is 1. The highest BCUT2D eigenvalue weighted by molar-refractivity contribution is 8.00. The summed E-state index contributed by atoms with van der Waals surface area (Å²) >= 11 is 1.56. The number of carbonyl (C=O) groups is 1. The van der Waals surface area contributed by atoms with Gasteiger partial charge < -0.3 is 10.1 Å². The molecule has 134 valence electrons. The van der Waals surface area contributed by atoms with E-state index in [2.05, 4.69) is 24.1 Å². The van der Waals surface area contributed by atoms with Gasteiger partial charge in [-0.25, -0.2) is 0 Å². The molecule has 5 heteroatoms. The molecule has 1 aromatic carbocycles. The van der Waals surface area contributed by atoms with Crippen LogP contribution in [-0.2, 0) is 4.79 Å². The van der Waals surface area contributed by atoms with Crippen LogP contribution in [0.1, 0.15) is 33.6 Å². The maximum absolute atomic E-state index is 12.0. The van der Waals surface area contributed by atoms with Gasteiger partial charge in [-0.3, -0.25) is 9.69 Å². The Kier molecular flexibility index (Phi) is 7.92. The number of nitrogens with one attached hydrogen (secondary N) is 1. The molecule has 1 aliphatic heterocycles. The number of benzene rings is 1. The molecule has 24 heavy (non-hydrogen) atoms. The number of hydrogen-bond acceptors (Lipinski definition) is 4. The molecule has 0 saturated carbocycles. The Morgan fingerprint density at radius 2 is 2.00 bits per heavy atom. The van der Waals surface area contributed by atoms with E-state index in [-0.39, 0.29) is 5.91 Å².